The average molecular weight is 323 g/mol. The van der Waals surface area contributed by atoms with Crippen LogP contribution in [0.5, 0.6) is 0 Å². The second-order valence-corrected chi connectivity index (χ2v) is 7.20. The number of hydrogen-bond donors (Lipinski definition) is 1. The number of halogens is 3. The number of carbonyl (C=O) groups is 1. The molecule has 1 aromatic carbocycles. The highest BCUT2D eigenvalue weighted by molar-refractivity contribution is 7.86. The number of hydrogen-bond acceptors (Lipinski definition) is 3. The molecule has 1 aliphatic heterocycles. The second kappa shape index (κ2) is 4.70. The van der Waals surface area contributed by atoms with E-state index in [-0.39, 0.29) is 0 Å². The van der Waals surface area contributed by atoms with Gasteiger partial charge in [0.1, 0.15) is 16.8 Å². The Morgan fingerprint density at radius 1 is 1.33 bits per heavy atom. The van der Waals surface area contributed by atoms with Crippen LogP contribution in [0.2, 0.25) is 0 Å². The first-order valence-corrected chi connectivity index (χ1v) is 7.53. The zero-order valence-electron chi connectivity index (χ0n) is 11.1. The number of carbonyl (C=O) groups excluding carboxylic acids is 1. The molecule has 0 saturated carbocycles. The molecule has 2 amide bonds. The van der Waals surface area contributed by atoms with Gasteiger partial charge in [0.15, 0.2) is 6.54 Å². The molecule has 1 fully saturated rings. The van der Waals surface area contributed by atoms with Crippen molar-refractivity contribution in [3.8, 4) is 0 Å². The molecular formula is C12H14F3N2O3S+. The van der Waals surface area contributed by atoms with Gasteiger partial charge in [0.05, 0.1) is 6.42 Å². The van der Waals surface area contributed by atoms with Crippen molar-refractivity contribution in [3.05, 3.63) is 30.1 Å². The van der Waals surface area contributed by atoms with E-state index in [0.717, 1.165) is 24.3 Å². The summed E-state index contributed by atoms with van der Waals surface area (Å²) in [6.07, 6.45) is -0.767. The summed E-state index contributed by atoms with van der Waals surface area (Å²) >= 11 is 0. The van der Waals surface area contributed by atoms with Gasteiger partial charge in [-0.2, -0.15) is 8.42 Å². The molecule has 116 valence electrons. The Morgan fingerprint density at radius 3 is 2.24 bits per heavy atom. The lowest BCUT2D eigenvalue weighted by atomic mass is 10.2. The number of rotatable bonds is 2. The monoisotopic (exact) mass is 323 g/mol. The van der Waals surface area contributed by atoms with E-state index < -0.39 is 55.6 Å². The third-order valence-corrected chi connectivity index (χ3v) is 6.08. The van der Waals surface area contributed by atoms with Gasteiger partial charge in [-0.05, 0) is 31.2 Å². The minimum Gasteiger partial charge on any atom is -0.318 e. The van der Waals surface area contributed by atoms with Crippen LogP contribution in [0.3, 0.4) is 0 Å². The molecule has 1 aliphatic rings. The van der Waals surface area contributed by atoms with Gasteiger partial charge < -0.3 is 5.73 Å². The van der Waals surface area contributed by atoms with E-state index >= 15 is 0 Å². The number of urea groups is 1. The first-order chi connectivity index (χ1) is 9.53. The summed E-state index contributed by atoms with van der Waals surface area (Å²) in [6.45, 7) is 0.00987. The smallest absolute Gasteiger partial charge is 0.318 e. The molecule has 1 unspecified atom stereocenters. The highest BCUT2D eigenvalue weighted by Gasteiger charge is 2.65. The average Bonchev–Trinajstić information content (AvgIpc) is 2.61. The van der Waals surface area contributed by atoms with E-state index in [1.165, 1.54) is 6.92 Å². The van der Waals surface area contributed by atoms with Crippen LogP contribution < -0.4 is 5.73 Å². The molecule has 2 rings (SSSR count). The fraction of sp³-hybridized carbons (Fsp3) is 0.417. The standard InChI is InChI=1S/C12H13F3N2O3S/c1-8-6-12(14,15)7-17(8,11(16)18)21(19,20)10-4-2-9(13)3-5-10/h2-5,8H,6-7H2,1H3,(H-,16,18)/p+1/t8-,17?/m1/s1. The number of likely N-dealkylation sites (tertiary alicyclic amines) is 1. The predicted molar refractivity (Wildman–Crippen MR) is 67.3 cm³/mol. The predicted octanol–water partition coefficient (Wildman–Crippen LogP) is 1.84. The first-order valence-electron chi connectivity index (χ1n) is 6.09. The fourth-order valence-corrected chi connectivity index (χ4v) is 4.67. The Morgan fingerprint density at radius 2 is 1.86 bits per heavy atom. The number of alkyl halides is 2. The van der Waals surface area contributed by atoms with Gasteiger partial charge in [0.25, 0.3) is 0 Å². The highest BCUT2D eigenvalue weighted by Crippen LogP contribution is 2.42. The fourth-order valence-electron chi connectivity index (χ4n) is 2.67. The van der Waals surface area contributed by atoms with Crippen LogP contribution in [0.25, 0.3) is 0 Å². The van der Waals surface area contributed by atoms with Crippen molar-refractivity contribution in [1.29, 1.82) is 0 Å². The molecule has 21 heavy (non-hydrogen) atoms. The second-order valence-electron chi connectivity index (χ2n) is 5.13. The van der Waals surface area contributed by atoms with Crippen LogP contribution >= 0.6 is 0 Å². The lowest BCUT2D eigenvalue weighted by Gasteiger charge is -2.31. The summed E-state index contributed by atoms with van der Waals surface area (Å²) in [5, 5.41) is 0. The summed E-state index contributed by atoms with van der Waals surface area (Å²) in [5.41, 5.74) is 5.14. The maximum Gasteiger partial charge on any atom is 0.430 e. The SMILES string of the molecule is C[C@@H]1CC(F)(F)C[N+]1(C(N)=O)S(=O)(=O)c1ccc(F)cc1. The molecule has 0 spiro atoms. The lowest BCUT2D eigenvalue weighted by Crippen LogP contribution is -2.61. The Hall–Kier alpha value is -1.61. The zero-order chi connectivity index (χ0) is 16.1. The van der Waals surface area contributed by atoms with Crippen molar-refractivity contribution in [2.45, 2.75) is 30.2 Å². The van der Waals surface area contributed by atoms with Crippen LogP contribution in [0.4, 0.5) is 18.0 Å². The molecule has 0 aliphatic carbocycles. The van der Waals surface area contributed by atoms with E-state index in [9.17, 15) is 26.4 Å². The molecule has 1 heterocycles. The number of nitrogens with two attached hydrogens (primary N) is 1. The van der Waals surface area contributed by atoms with Gasteiger partial charge in [-0.15, -0.1) is 3.89 Å². The molecule has 0 radical (unpaired) electrons. The van der Waals surface area contributed by atoms with Crippen molar-refractivity contribution >= 4 is 16.1 Å². The summed E-state index contributed by atoms with van der Waals surface area (Å²) < 4.78 is 63.8. The van der Waals surface area contributed by atoms with Gasteiger partial charge in [-0.3, -0.25) is 0 Å². The van der Waals surface area contributed by atoms with E-state index in [1.807, 2.05) is 0 Å². The molecule has 0 bridgehead atoms. The van der Waals surface area contributed by atoms with Gasteiger partial charge in [-0.25, -0.2) is 18.0 Å². The number of sulfonamides is 1. The first kappa shape index (κ1) is 15.8. The number of primary amides is 1. The van der Waals surface area contributed by atoms with Crippen LogP contribution in [-0.2, 0) is 10.0 Å². The van der Waals surface area contributed by atoms with Crippen molar-refractivity contribution in [2.75, 3.05) is 6.54 Å². The van der Waals surface area contributed by atoms with Crippen molar-refractivity contribution in [3.63, 3.8) is 0 Å². The zero-order valence-corrected chi connectivity index (χ0v) is 11.9. The highest BCUT2D eigenvalue weighted by atomic mass is 32.2. The molecule has 5 nitrogen and oxygen atoms in total. The molecule has 2 atom stereocenters. The van der Waals surface area contributed by atoms with Crippen LogP contribution in [0, 0.1) is 5.82 Å². The van der Waals surface area contributed by atoms with Gasteiger partial charge in [-0.1, -0.05) is 0 Å². The van der Waals surface area contributed by atoms with Crippen molar-refractivity contribution in [1.82, 2.24) is 0 Å². The topological polar surface area (TPSA) is 77.2 Å². The summed E-state index contributed by atoms with van der Waals surface area (Å²) in [5.74, 6) is -4.00. The van der Waals surface area contributed by atoms with Crippen LogP contribution in [-0.4, -0.2) is 36.8 Å². The quantitative estimate of drug-likeness (QED) is 0.844. The van der Waals surface area contributed by atoms with Crippen molar-refractivity contribution < 1.29 is 30.3 Å². The summed E-state index contributed by atoms with van der Waals surface area (Å²) in [7, 11) is -4.52. The van der Waals surface area contributed by atoms with Crippen LogP contribution in [0.1, 0.15) is 13.3 Å². The van der Waals surface area contributed by atoms with E-state index in [0.29, 0.717) is 0 Å². The molecule has 1 aromatic rings. The molecule has 1 saturated heterocycles. The maximum atomic E-state index is 13.6. The Bertz CT molecular complexity index is 675. The minimum atomic E-state index is -4.52. The molecule has 9 heteroatoms. The number of benzene rings is 1. The molecular weight excluding hydrogens is 309 g/mol. The van der Waals surface area contributed by atoms with Gasteiger partial charge in [0.2, 0.25) is 0 Å². The lowest BCUT2D eigenvalue weighted by molar-refractivity contribution is -0.736. The Labute approximate surface area is 119 Å². The maximum absolute atomic E-state index is 13.6. The van der Waals surface area contributed by atoms with Gasteiger partial charge in [0, 0.05) is 0 Å². The minimum absolute atomic E-state index is 0.424. The molecule has 2 N–H and O–H groups in total. The number of amides is 2. The normalized spacial score (nSPS) is 28.5. The summed E-state index contributed by atoms with van der Waals surface area (Å²) in [4.78, 5) is 11.3. The molecule has 0 aromatic heterocycles. The third-order valence-electron chi connectivity index (χ3n) is 3.69. The number of nitrogens with zero attached hydrogens (tertiary/aromatic N) is 1. The largest absolute Gasteiger partial charge is 0.430 e. The van der Waals surface area contributed by atoms with E-state index in [2.05, 4.69) is 0 Å². The van der Waals surface area contributed by atoms with E-state index in [1.54, 1.807) is 0 Å². The Kier molecular flexibility index (Phi) is 3.53. The Balaban J connectivity index is 2.63. The third kappa shape index (κ3) is 2.30. The number of quaternary nitrogens is 1. The van der Waals surface area contributed by atoms with Crippen molar-refractivity contribution in [2.24, 2.45) is 5.73 Å². The van der Waals surface area contributed by atoms with Crippen LogP contribution in [0.15, 0.2) is 29.2 Å². The van der Waals surface area contributed by atoms with E-state index in [4.69, 9.17) is 5.73 Å². The summed E-state index contributed by atoms with van der Waals surface area (Å²) in [6, 6.07) is 1.04. The van der Waals surface area contributed by atoms with Gasteiger partial charge >= 0.3 is 22.0 Å².